The summed E-state index contributed by atoms with van der Waals surface area (Å²) in [6, 6.07) is 0. The molecule has 0 spiro atoms. The van der Waals surface area contributed by atoms with Crippen molar-refractivity contribution in [2.24, 2.45) is 0 Å². The molecule has 0 atom stereocenters. The lowest BCUT2D eigenvalue weighted by molar-refractivity contribution is -0.125. The van der Waals surface area contributed by atoms with Gasteiger partial charge in [-0.15, -0.1) is 0 Å². The fourth-order valence-electron chi connectivity index (χ4n) is 2.12. The molecule has 6 nitrogen and oxygen atoms in total. The van der Waals surface area contributed by atoms with Gasteiger partial charge in [0.1, 0.15) is 0 Å². The molecule has 0 aliphatic carbocycles. The fraction of sp³-hybridized carbons (Fsp3) is 0.833. The van der Waals surface area contributed by atoms with Crippen LogP contribution in [-0.4, -0.2) is 60.6 Å². The summed E-state index contributed by atoms with van der Waals surface area (Å²) in [6.07, 6.45) is 0. The highest BCUT2D eigenvalue weighted by Crippen LogP contribution is 2.23. The number of hydrogen-bond donors (Lipinski definition) is 0. The monoisotopic (exact) mass is 350 g/mol. The van der Waals surface area contributed by atoms with Gasteiger partial charge in [-0.2, -0.15) is 0 Å². The van der Waals surface area contributed by atoms with E-state index in [1.807, 2.05) is 39.3 Å². The van der Waals surface area contributed by atoms with E-state index in [4.69, 9.17) is 8.23 Å². The first-order valence-corrected chi connectivity index (χ1v) is 15.5. The summed E-state index contributed by atoms with van der Waals surface area (Å²) in [5, 5.41) is 0. The molecule has 9 heteroatoms. The van der Waals surface area contributed by atoms with E-state index in [0.29, 0.717) is 0 Å². The summed E-state index contributed by atoms with van der Waals surface area (Å²) >= 11 is 0. The predicted octanol–water partition coefficient (Wildman–Crippen LogP) is 2.08. The van der Waals surface area contributed by atoms with E-state index in [0.717, 1.165) is 0 Å². The number of rotatable bonds is 6. The lowest BCUT2D eigenvalue weighted by Crippen LogP contribution is -2.62. The smallest absolute Gasteiger partial charge is 0.313 e. The molecule has 21 heavy (non-hydrogen) atoms. The molecule has 0 heterocycles. The van der Waals surface area contributed by atoms with Gasteiger partial charge in [0.2, 0.25) is 11.8 Å². The molecule has 0 saturated heterocycles. The second-order valence-electron chi connectivity index (χ2n) is 6.65. The van der Waals surface area contributed by atoms with Gasteiger partial charge in [-0.25, -0.2) is 0 Å². The summed E-state index contributed by atoms with van der Waals surface area (Å²) in [6.45, 7) is 14.9. The Morgan fingerprint density at radius 3 is 1.14 bits per heavy atom. The topological polar surface area (TPSA) is 59.1 Å². The first kappa shape index (κ1) is 20.5. The zero-order valence-electron chi connectivity index (χ0n) is 15.0. The molecule has 0 aliphatic rings. The Kier molecular flexibility index (Phi) is 6.58. The largest absolute Gasteiger partial charge is 0.420 e. The molecule has 0 aliphatic heterocycles. The minimum Gasteiger partial charge on any atom is -0.420 e. The molecule has 0 aromatic rings. The van der Waals surface area contributed by atoms with Gasteiger partial charge < -0.3 is 17.4 Å². The second kappa shape index (κ2) is 6.73. The molecule has 124 valence electrons. The normalized spacial score (nSPS) is 13.0. The Morgan fingerprint density at radius 2 is 0.952 bits per heavy atom. The van der Waals surface area contributed by atoms with Gasteiger partial charge in [-0.05, 0) is 39.3 Å². The van der Waals surface area contributed by atoms with Crippen LogP contribution >= 0.6 is 0 Å². The van der Waals surface area contributed by atoms with Crippen LogP contribution in [0.5, 0.6) is 0 Å². The maximum Gasteiger partial charge on any atom is 0.313 e. The highest BCUT2D eigenvalue weighted by atomic mass is 28.5. The standard InChI is InChI=1S/C12H30N2O4Si3/c1-11(15)13(3)19(5,6)17-21(9,10)18-20(7,8)14(4)12(2)16/h1-10H3. The van der Waals surface area contributed by atoms with Gasteiger partial charge in [-0.1, -0.05) is 0 Å². The van der Waals surface area contributed by atoms with E-state index < -0.39 is 25.5 Å². The fourth-order valence-corrected chi connectivity index (χ4v) is 14.9. The Bertz CT molecular complexity index is 377. The van der Waals surface area contributed by atoms with Gasteiger partial charge in [0.05, 0.1) is 0 Å². The highest BCUT2D eigenvalue weighted by molar-refractivity contribution is 6.87. The van der Waals surface area contributed by atoms with Crippen LogP contribution in [-0.2, 0) is 17.8 Å². The zero-order chi connectivity index (χ0) is 17.2. The van der Waals surface area contributed by atoms with Crippen LogP contribution in [0.1, 0.15) is 13.8 Å². The van der Waals surface area contributed by atoms with Crippen molar-refractivity contribution in [2.75, 3.05) is 14.1 Å². The molecule has 0 aromatic heterocycles. The van der Waals surface area contributed by atoms with Crippen LogP contribution in [0, 0.1) is 0 Å². The van der Waals surface area contributed by atoms with E-state index in [1.165, 1.54) is 13.8 Å². The second-order valence-corrected chi connectivity index (χ2v) is 18.2. The minimum absolute atomic E-state index is 0.00572. The van der Waals surface area contributed by atoms with Gasteiger partial charge >= 0.3 is 8.56 Å². The molecule has 0 bridgehead atoms. The Labute approximate surface area is 132 Å². The van der Waals surface area contributed by atoms with Crippen molar-refractivity contribution in [2.45, 2.75) is 53.1 Å². The van der Waals surface area contributed by atoms with E-state index in [2.05, 4.69) is 0 Å². The maximum absolute atomic E-state index is 11.6. The van der Waals surface area contributed by atoms with Crippen molar-refractivity contribution >= 4 is 37.3 Å². The van der Waals surface area contributed by atoms with Crippen LogP contribution in [0.25, 0.3) is 0 Å². The van der Waals surface area contributed by atoms with Crippen molar-refractivity contribution in [3.05, 3.63) is 0 Å². The summed E-state index contributed by atoms with van der Waals surface area (Å²) in [5.41, 5.74) is 0. The Morgan fingerprint density at radius 1 is 0.714 bits per heavy atom. The molecule has 0 N–H and O–H groups in total. The van der Waals surface area contributed by atoms with Crippen LogP contribution in [0.2, 0.25) is 39.3 Å². The Hall–Kier alpha value is -0.489. The third-order valence-electron chi connectivity index (χ3n) is 3.55. The van der Waals surface area contributed by atoms with Gasteiger partial charge in [-0.3, -0.25) is 9.59 Å². The van der Waals surface area contributed by atoms with Crippen LogP contribution < -0.4 is 0 Å². The molecule has 0 fully saturated rings. The van der Waals surface area contributed by atoms with E-state index in [9.17, 15) is 9.59 Å². The maximum atomic E-state index is 11.6. The average molecular weight is 351 g/mol. The van der Waals surface area contributed by atoms with Crippen molar-refractivity contribution in [3.8, 4) is 0 Å². The minimum atomic E-state index is -2.46. The van der Waals surface area contributed by atoms with E-state index in [1.54, 1.807) is 23.2 Å². The molecule has 2 amide bonds. The molecule has 0 unspecified atom stereocenters. The summed E-state index contributed by atoms with van der Waals surface area (Å²) in [7, 11) is -3.58. The molecule has 0 radical (unpaired) electrons. The lowest BCUT2D eigenvalue weighted by atomic mass is 10.7. The number of nitrogens with zero attached hydrogens (tertiary/aromatic N) is 2. The lowest BCUT2D eigenvalue weighted by Gasteiger charge is -2.43. The molecule has 0 saturated carbocycles. The van der Waals surface area contributed by atoms with Crippen LogP contribution in [0.3, 0.4) is 0 Å². The summed E-state index contributed by atoms with van der Waals surface area (Å²) in [5.74, 6) is -0.0114. The van der Waals surface area contributed by atoms with Gasteiger partial charge in [0.25, 0.3) is 17.0 Å². The third kappa shape index (κ3) is 6.03. The van der Waals surface area contributed by atoms with Crippen molar-refractivity contribution in [3.63, 3.8) is 0 Å². The average Bonchev–Trinajstić information content (AvgIpc) is 2.23. The summed E-state index contributed by atoms with van der Waals surface area (Å²) in [4.78, 5) is 23.1. The number of hydrogen-bond acceptors (Lipinski definition) is 4. The predicted molar refractivity (Wildman–Crippen MR) is 91.5 cm³/mol. The van der Waals surface area contributed by atoms with E-state index in [-0.39, 0.29) is 11.8 Å². The Balaban J connectivity index is 5.07. The van der Waals surface area contributed by atoms with Crippen molar-refractivity contribution in [1.29, 1.82) is 0 Å². The highest BCUT2D eigenvalue weighted by Gasteiger charge is 2.44. The van der Waals surface area contributed by atoms with Crippen molar-refractivity contribution < 1.29 is 17.8 Å². The molecule has 0 aromatic carbocycles. The quantitative estimate of drug-likeness (QED) is 0.688. The van der Waals surface area contributed by atoms with E-state index >= 15 is 0 Å². The number of carbonyl (C=O) groups excluding carboxylic acids is 2. The summed E-state index contributed by atoms with van der Waals surface area (Å²) < 4.78 is 15.9. The SMILES string of the molecule is CC(=O)N(C)[Si](C)(C)O[Si](C)(C)O[Si](C)(C)N(C)C(C)=O. The first-order chi connectivity index (χ1) is 9.12. The first-order valence-electron chi connectivity index (χ1n) is 7.01. The van der Waals surface area contributed by atoms with Crippen LogP contribution in [0.15, 0.2) is 0 Å². The zero-order valence-corrected chi connectivity index (χ0v) is 18.0. The molecular weight excluding hydrogens is 320 g/mol. The molecular formula is C12H30N2O4Si3. The molecule has 0 rings (SSSR count). The van der Waals surface area contributed by atoms with Crippen LogP contribution in [0.4, 0.5) is 0 Å². The number of carbonyl (C=O) groups is 2. The third-order valence-corrected chi connectivity index (χ3v) is 15.3. The van der Waals surface area contributed by atoms with Gasteiger partial charge in [0.15, 0.2) is 0 Å². The van der Waals surface area contributed by atoms with Crippen molar-refractivity contribution in [1.82, 2.24) is 9.13 Å². The number of amides is 2. The van der Waals surface area contributed by atoms with Gasteiger partial charge in [0, 0.05) is 27.9 Å².